The van der Waals surface area contributed by atoms with E-state index in [1.54, 1.807) is 0 Å². The van der Waals surface area contributed by atoms with E-state index in [4.69, 9.17) is 9.57 Å². The third-order valence-corrected chi connectivity index (χ3v) is 2.87. The molecule has 0 fully saturated rings. The van der Waals surface area contributed by atoms with Gasteiger partial charge in [0, 0.05) is 0 Å². The van der Waals surface area contributed by atoms with Crippen molar-refractivity contribution in [3.63, 3.8) is 0 Å². The molecule has 1 atom stereocenters. The van der Waals surface area contributed by atoms with E-state index in [0.29, 0.717) is 12.3 Å². The summed E-state index contributed by atoms with van der Waals surface area (Å²) in [4.78, 5) is 5.43. The van der Waals surface area contributed by atoms with Crippen LogP contribution in [0.3, 0.4) is 0 Å². The van der Waals surface area contributed by atoms with Crippen LogP contribution in [0, 0.1) is 0 Å². The first kappa shape index (κ1) is 11.0. The van der Waals surface area contributed by atoms with Gasteiger partial charge in [-0.1, -0.05) is 35.5 Å². The second-order valence-corrected chi connectivity index (χ2v) is 4.60. The number of ether oxygens (including phenoxy) is 1. The lowest BCUT2D eigenvalue weighted by molar-refractivity contribution is -0.115. The predicted molar refractivity (Wildman–Crippen MR) is 63.3 cm³/mol. The van der Waals surface area contributed by atoms with Crippen LogP contribution in [0.25, 0.3) is 0 Å². The Morgan fingerprint density at radius 3 is 2.56 bits per heavy atom. The monoisotopic (exact) mass is 219 g/mol. The highest BCUT2D eigenvalue weighted by atomic mass is 16.7. The van der Waals surface area contributed by atoms with Crippen LogP contribution >= 0.6 is 0 Å². The fourth-order valence-electron chi connectivity index (χ4n) is 1.45. The molecule has 1 aliphatic rings. The van der Waals surface area contributed by atoms with Crippen molar-refractivity contribution >= 4 is 5.90 Å². The van der Waals surface area contributed by atoms with Crippen molar-refractivity contribution in [3.8, 4) is 0 Å². The minimum Gasteiger partial charge on any atom is -0.471 e. The molecule has 16 heavy (non-hydrogen) atoms. The van der Waals surface area contributed by atoms with Crippen molar-refractivity contribution in [2.24, 2.45) is 5.16 Å². The van der Waals surface area contributed by atoms with Gasteiger partial charge in [-0.05, 0) is 26.3 Å². The number of rotatable bonds is 2. The third kappa shape index (κ3) is 2.35. The first-order valence-corrected chi connectivity index (χ1v) is 5.53. The highest BCUT2D eigenvalue weighted by molar-refractivity contribution is 5.78. The summed E-state index contributed by atoms with van der Waals surface area (Å²) in [6, 6.07) is 10.1. The first-order valence-electron chi connectivity index (χ1n) is 5.53. The van der Waals surface area contributed by atoms with E-state index in [0.717, 1.165) is 0 Å². The van der Waals surface area contributed by atoms with Gasteiger partial charge in [0.2, 0.25) is 5.90 Å². The van der Waals surface area contributed by atoms with Crippen molar-refractivity contribution in [1.29, 1.82) is 0 Å². The molecule has 0 bridgehead atoms. The summed E-state index contributed by atoms with van der Waals surface area (Å²) in [6.45, 7) is 5.95. The van der Waals surface area contributed by atoms with Crippen LogP contribution in [0.1, 0.15) is 26.3 Å². The number of hydrogen-bond acceptors (Lipinski definition) is 3. The average Bonchev–Trinajstić information content (AvgIpc) is 2.26. The molecule has 0 saturated heterocycles. The standard InChI is InChI=1S/C13H17NO2/c1-10-13(2,3)16-14-12(15-10)9-11-7-5-4-6-8-11/h4-8,10H,9H2,1-3H3. The maximum Gasteiger partial charge on any atom is 0.230 e. The number of hydrogen-bond donors (Lipinski definition) is 0. The van der Waals surface area contributed by atoms with E-state index < -0.39 is 0 Å². The predicted octanol–water partition coefficient (Wildman–Crippen LogP) is 2.76. The van der Waals surface area contributed by atoms with Gasteiger partial charge in [0.15, 0.2) is 5.60 Å². The Labute approximate surface area is 96.1 Å². The van der Waals surface area contributed by atoms with Crippen molar-refractivity contribution in [3.05, 3.63) is 35.9 Å². The van der Waals surface area contributed by atoms with Gasteiger partial charge in [-0.3, -0.25) is 0 Å². The Hall–Kier alpha value is -1.51. The van der Waals surface area contributed by atoms with Gasteiger partial charge in [-0.2, -0.15) is 0 Å². The van der Waals surface area contributed by atoms with Gasteiger partial charge in [0.1, 0.15) is 6.10 Å². The van der Waals surface area contributed by atoms with Crippen molar-refractivity contribution in [1.82, 2.24) is 0 Å². The van der Waals surface area contributed by atoms with Crippen LogP contribution < -0.4 is 0 Å². The van der Waals surface area contributed by atoms with Crippen LogP contribution in [0.2, 0.25) is 0 Å². The summed E-state index contributed by atoms with van der Waals surface area (Å²) in [7, 11) is 0. The first-order chi connectivity index (χ1) is 7.58. The van der Waals surface area contributed by atoms with Crippen LogP contribution in [0.5, 0.6) is 0 Å². The summed E-state index contributed by atoms with van der Waals surface area (Å²) in [5.74, 6) is 0.651. The van der Waals surface area contributed by atoms with Gasteiger partial charge >= 0.3 is 0 Å². The van der Waals surface area contributed by atoms with E-state index >= 15 is 0 Å². The fourth-order valence-corrected chi connectivity index (χ4v) is 1.45. The lowest BCUT2D eigenvalue weighted by Gasteiger charge is -2.33. The van der Waals surface area contributed by atoms with E-state index in [1.807, 2.05) is 39.0 Å². The molecule has 0 amide bonds. The Bertz CT molecular complexity index is 384. The minimum atomic E-state index is -0.347. The van der Waals surface area contributed by atoms with Crippen molar-refractivity contribution in [2.75, 3.05) is 0 Å². The van der Waals surface area contributed by atoms with Crippen LogP contribution in [-0.4, -0.2) is 17.6 Å². The largest absolute Gasteiger partial charge is 0.471 e. The molecule has 1 unspecified atom stereocenters. The zero-order valence-corrected chi connectivity index (χ0v) is 9.93. The van der Waals surface area contributed by atoms with E-state index in [1.165, 1.54) is 5.56 Å². The molecule has 0 N–H and O–H groups in total. The van der Waals surface area contributed by atoms with E-state index in [2.05, 4.69) is 17.3 Å². The third-order valence-electron chi connectivity index (χ3n) is 2.87. The number of oxime groups is 1. The molecule has 0 spiro atoms. The smallest absolute Gasteiger partial charge is 0.230 e. The summed E-state index contributed by atoms with van der Waals surface area (Å²) in [5, 5.41) is 4.02. The Balaban J connectivity index is 2.06. The molecule has 1 aromatic rings. The molecule has 86 valence electrons. The van der Waals surface area contributed by atoms with Gasteiger partial charge in [-0.15, -0.1) is 0 Å². The maximum atomic E-state index is 5.73. The van der Waals surface area contributed by atoms with E-state index in [-0.39, 0.29) is 11.7 Å². The second-order valence-electron chi connectivity index (χ2n) is 4.60. The van der Waals surface area contributed by atoms with Gasteiger partial charge in [0.25, 0.3) is 0 Å². The maximum absolute atomic E-state index is 5.73. The summed E-state index contributed by atoms with van der Waals surface area (Å²) in [6.07, 6.45) is 0.699. The fraction of sp³-hybridized carbons (Fsp3) is 0.462. The van der Waals surface area contributed by atoms with Crippen LogP contribution in [-0.2, 0) is 16.0 Å². The molecule has 0 aliphatic carbocycles. The highest BCUT2D eigenvalue weighted by Crippen LogP contribution is 2.23. The molecule has 0 aromatic heterocycles. The topological polar surface area (TPSA) is 30.8 Å². The van der Waals surface area contributed by atoms with Crippen LogP contribution in [0.15, 0.2) is 35.5 Å². The second kappa shape index (κ2) is 4.16. The minimum absolute atomic E-state index is 0.0173. The number of benzene rings is 1. The van der Waals surface area contributed by atoms with Gasteiger partial charge in [-0.25, -0.2) is 0 Å². The number of nitrogens with zero attached hydrogens (tertiary/aromatic N) is 1. The average molecular weight is 219 g/mol. The van der Waals surface area contributed by atoms with Crippen LogP contribution in [0.4, 0.5) is 0 Å². The van der Waals surface area contributed by atoms with E-state index in [9.17, 15) is 0 Å². The van der Waals surface area contributed by atoms with Crippen molar-refractivity contribution in [2.45, 2.75) is 38.9 Å². The highest BCUT2D eigenvalue weighted by Gasteiger charge is 2.34. The SMILES string of the molecule is CC1OC(Cc2ccccc2)=NOC1(C)C. The summed E-state index contributed by atoms with van der Waals surface area (Å²) >= 11 is 0. The molecule has 1 aromatic carbocycles. The summed E-state index contributed by atoms with van der Waals surface area (Å²) < 4.78 is 5.73. The molecule has 1 heterocycles. The molecular formula is C13H17NO2. The normalized spacial score (nSPS) is 22.9. The molecular weight excluding hydrogens is 202 g/mol. The lowest BCUT2D eigenvalue weighted by Crippen LogP contribution is -2.43. The molecule has 3 nitrogen and oxygen atoms in total. The molecule has 3 heteroatoms. The molecule has 0 radical (unpaired) electrons. The quantitative estimate of drug-likeness (QED) is 0.765. The summed E-state index contributed by atoms with van der Waals surface area (Å²) in [5.41, 5.74) is 0.831. The Kier molecular flexibility index (Phi) is 2.86. The van der Waals surface area contributed by atoms with Crippen molar-refractivity contribution < 1.29 is 9.57 Å². The molecule has 2 rings (SSSR count). The Morgan fingerprint density at radius 1 is 1.25 bits per heavy atom. The Morgan fingerprint density at radius 2 is 1.94 bits per heavy atom. The van der Waals surface area contributed by atoms with Gasteiger partial charge < -0.3 is 9.57 Å². The lowest BCUT2D eigenvalue weighted by atomic mass is 10.0. The molecule has 1 aliphatic heterocycles. The van der Waals surface area contributed by atoms with Gasteiger partial charge in [0.05, 0.1) is 6.42 Å². The molecule has 0 saturated carbocycles. The zero-order chi connectivity index (χ0) is 11.6. The zero-order valence-electron chi connectivity index (χ0n) is 9.93.